The molecule has 12 heavy (non-hydrogen) atoms. The van der Waals surface area contributed by atoms with Gasteiger partial charge in [-0.15, -0.1) is 0 Å². The first kappa shape index (κ1) is 7.40. The maximum absolute atomic E-state index is 5.66. The number of hydrogen-bond acceptors (Lipinski definition) is 3. The third-order valence-electron chi connectivity index (χ3n) is 2.16. The molecule has 3 heteroatoms. The van der Waals surface area contributed by atoms with Crippen molar-refractivity contribution in [3.05, 3.63) is 18.5 Å². The van der Waals surface area contributed by atoms with E-state index in [2.05, 4.69) is 4.98 Å². The van der Waals surface area contributed by atoms with E-state index in [1.54, 1.807) is 12.4 Å². The van der Waals surface area contributed by atoms with Gasteiger partial charge in [-0.05, 0) is 19.3 Å². The Morgan fingerprint density at radius 3 is 2.92 bits per heavy atom. The summed E-state index contributed by atoms with van der Waals surface area (Å²) >= 11 is 0. The van der Waals surface area contributed by atoms with E-state index in [0.29, 0.717) is 11.8 Å². The standard InChI is InChI=1S/C9H12N2O/c10-8-6-11-5-4-9(8)12-7-2-1-3-7/h4-7H,1-3,10H2. The topological polar surface area (TPSA) is 48.1 Å². The van der Waals surface area contributed by atoms with Crippen LogP contribution in [0.15, 0.2) is 18.5 Å². The molecular formula is C9H12N2O. The average Bonchev–Trinajstić information content (AvgIpc) is 2.00. The summed E-state index contributed by atoms with van der Waals surface area (Å²) in [5.74, 6) is 0.773. The molecule has 64 valence electrons. The Morgan fingerprint density at radius 2 is 2.33 bits per heavy atom. The van der Waals surface area contributed by atoms with Gasteiger partial charge in [0.15, 0.2) is 0 Å². The van der Waals surface area contributed by atoms with Crippen LogP contribution in [-0.4, -0.2) is 11.1 Å². The predicted octanol–water partition coefficient (Wildman–Crippen LogP) is 1.60. The zero-order valence-electron chi connectivity index (χ0n) is 6.86. The van der Waals surface area contributed by atoms with Crippen LogP contribution in [0.2, 0.25) is 0 Å². The van der Waals surface area contributed by atoms with Crippen LogP contribution in [0, 0.1) is 0 Å². The lowest BCUT2D eigenvalue weighted by Gasteiger charge is -2.26. The third-order valence-corrected chi connectivity index (χ3v) is 2.16. The number of hydrogen-bond donors (Lipinski definition) is 1. The second-order valence-electron chi connectivity index (χ2n) is 3.08. The summed E-state index contributed by atoms with van der Waals surface area (Å²) in [7, 11) is 0. The van der Waals surface area contributed by atoms with Gasteiger partial charge in [0.25, 0.3) is 0 Å². The van der Waals surface area contributed by atoms with E-state index in [4.69, 9.17) is 10.5 Å². The summed E-state index contributed by atoms with van der Waals surface area (Å²) in [5, 5.41) is 0. The zero-order chi connectivity index (χ0) is 8.39. The lowest BCUT2D eigenvalue weighted by molar-refractivity contribution is 0.121. The molecule has 0 spiro atoms. The van der Waals surface area contributed by atoms with Crippen molar-refractivity contribution in [1.29, 1.82) is 0 Å². The summed E-state index contributed by atoms with van der Waals surface area (Å²) in [4.78, 5) is 3.89. The number of nitrogen functional groups attached to an aromatic ring is 1. The molecule has 0 saturated heterocycles. The first-order valence-electron chi connectivity index (χ1n) is 4.22. The van der Waals surface area contributed by atoms with Crippen molar-refractivity contribution in [2.24, 2.45) is 0 Å². The minimum Gasteiger partial charge on any atom is -0.488 e. The largest absolute Gasteiger partial charge is 0.488 e. The normalized spacial score (nSPS) is 17.0. The molecule has 0 radical (unpaired) electrons. The molecule has 0 aromatic carbocycles. The van der Waals surface area contributed by atoms with Crippen LogP contribution in [0.25, 0.3) is 0 Å². The molecule has 1 saturated carbocycles. The molecule has 1 aliphatic rings. The summed E-state index contributed by atoms with van der Waals surface area (Å²) in [6.07, 6.45) is 7.28. The Labute approximate surface area is 71.6 Å². The molecule has 1 aromatic heterocycles. The highest BCUT2D eigenvalue weighted by molar-refractivity contribution is 5.49. The fourth-order valence-electron chi connectivity index (χ4n) is 1.17. The van der Waals surface area contributed by atoms with Crippen molar-refractivity contribution in [2.45, 2.75) is 25.4 Å². The quantitative estimate of drug-likeness (QED) is 0.722. The molecule has 0 unspecified atom stereocenters. The van der Waals surface area contributed by atoms with Gasteiger partial charge in [-0.3, -0.25) is 4.98 Å². The molecule has 3 nitrogen and oxygen atoms in total. The minimum atomic E-state index is 0.384. The molecule has 1 fully saturated rings. The van der Waals surface area contributed by atoms with Crippen LogP contribution in [0.1, 0.15) is 19.3 Å². The maximum Gasteiger partial charge on any atom is 0.145 e. The van der Waals surface area contributed by atoms with Crippen molar-refractivity contribution in [3.63, 3.8) is 0 Å². The van der Waals surface area contributed by atoms with Crippen molar-refractivity contribution >= 4 is 5.69 Å². The SMILES string of the molecule is Nc1cnccc1OC1CCC1. The second-order valence-corrected chi connectivity index (χ2v) is 3.08. The van der Waals surface area contributed by atoms with Gasteiger partial charge in [-0.25, -0.2) is 0 Å². The highest BCUT2D eigenvalue weighted by Gasteiger charge is 2.19. The average molecular weight is 164 g/mol. The number of anilines is 1. The zero-order valence-corrected chi connectivity index (χ0v) is 6.86. The van der Waals surface area contributed by atoms with Gasteiger partial charge >= 0.3 is 0 Å². The maximum atomic E-state index is 5.66. The van der Waals surface area contributed by atoms with Crippen LogP contribution in [0.4, 0.5) is 5.69 Å². The Hall–Kier alpha value is -1.25. The Morgan fingerprint density at radius 1 is 1.50 bits per heavy atom. The van der Waals surface area contributed by atoms with Gasteiger partial charge in [0.1, 0.15) is 5.75 Å². The molecule has 2 rings (SSSR count). The first-order chi connectivity index (χ1) is 5.86. The highest BCUT2D eigenvalue weighted by atomic mass is 16.5. The molecule has 2 N–H and O–H groups in total. The van der Waals surface area contributed by atoms with E-state index in [9.17, 15) is 0 Å². The van der Waals surface area contributed by atoms with E-state index < -0.39 is 0 Å². The Bertz CT molecular complexity index is 271. The summed E-state index contributed by atoms with van der Waals surface area (Å²) in [6.45, 7) is 0. The van der Waals surface area contributed by atoms with E-state index >= 15 is 0 Å². The molecule has 0 atom stereocenters. The third kappa shape index (κ3) is 1.35. The van der Waals surface area contributed by atoms with Gasteiger partial charge in [0, 0.05) is 12.3 Å². The van der Waals surface area contributed by atoms with Crippen molar-refractivity contribution in [1.82, 2.24) is 4.98 Å². The van der Waals surface area contributed by atoms with Crippen molar-refractivity contribution < 1.29 is 4.74 Å². The second kappa shape index (κ2) is 3.01. The van der Waals surface area contributed by atoms with Gasteiger partial charge in [0.2, 0.25) is 0 Å². The lowest BCUT2D eigenvalue weighted by atomic mass is 9.96. The van der Waals surface area contributed by atoms with Gasteiger partial charge in [-0.2, -0.15) is 0 Å². The fourth-order valence-corrected chi connectivity index (χ4v) is 1.17. The number of nitrogens with two attached hydrogens (primary N) is 1. The van der Waals surface area contributed by atoms with Crippen LogP contribution in [0.5, 0.6) is 5.75 Å². The van der Waals surface area contributed by atoms with E-state index in [0.717, 1.165) is 18.6 Å². The molecule has 1 aromatic rings. The Balaban J connectivity index is 2.06. The minimum absolute atomic E-state index is 0.384. The summed E-state index contributed by atoms with van der Waals surface area (Å²) in [6, 6.07) is 1.81. The molecule has 0 aliphatic heterocycles. The lowest BCUT2D eigenvalue weighted by Crippen LogP contribution is -2.24. The molecular weight excluding hydrogens is 152 g/mol. The predicted molar refractivity (Wildman–Crippen MR) is 46.9 cm³/mol. The van der Waals surface area contributed by atoms with Gasteiger partial charge in [-0.1, -0.05) is 0 Å². The molecule has 1 aliphatic carbocycles. The van der Waals surface area contributed by atoms with E-state index in [1.165, 1.54) is 6.42 Å². The summed E-state index contributed by atoms with van der Waals surface area (Å²) in [5.41, 5.74) is 6.29. The fraction of sp³-hybridized carbons (Fsp3) is 0.444. The van der Waals surface area contributed by atoms with E-state index in [-0.39, 0.29) is 0 Å². The van der Waals surface area contributed by atoms with E-state index in [1.807, 2.05) is 6.07 Å². The van der Waals surface area contributed by atoms with Crippen LogP contribution >= 0.6 is 0 Å². The number of rotatable bonds is 2. The number of nitrogens with zero attached hydrogens (tertiary/aromatic N) is 1. The summed E-state index contributed by atoms with van der Waals surface area (Å²) < 4.78 is 5.62. The van der Waals surface area contributed by atoms with Crippen LogP contribution in [0.3, 0.4) is 0 Å². The van der Waals surface area contributed by atoms with Crippen molar-refractivity contribution in [2.75, 3.05) is 5.73 Å². The van der Waals surface area contributed by atoms with Crippen LogP contribution < -0.4 is 10.5 Å². The van der Waals surface area contributed by atoms with Crippen molar-refractivity contribution in [3.8, 4) is 5.75 Å². The number of ether oxygens (including phenoxy) is 1. The highest BCUT2D eigenvalue weighted by Crippen LogP contribution is 2.27. The molecule has 0 bridgehead atoms. The molecule has 1 heterocycles. The van der Waals surface area contributed by atoms with Crippen LogP contribution in [-0.2, 0) is 0 Å². The number of aromatic nitrogens is 1. The molecule has 0 amide bonds. The van der Waals surface area contributed by atoms with Gasteiger partial charge < -0.3 is 10.5 Å². The monoisotopic (exact) mass is 164 g/mol. The number of pyridine rings is 1. The Kier molecular flexibility index (Phi) is 1.86. The smallest absolute Gasteiger partial charge is 0.145 e. The first-order valence-corrected chi connectivity index (χ1v) is 4.22. The van der Waals surface area contributed by atoms with Gasteiger partial charge in [0.05, 0.1) is 18.0 Å².